The van der Waals surface area contributed by atoms with Crippen LogP contribution in [-0.4, -0.2) is 39.9 Å². The molecule has 0 heterocycles. The molecule has 0 atom stereocenters. The number of nitrogens with one attached hydrogen (secondary N) is 2. The summed E-state index contributed by atoms with van der Waals surface area (Å²) in [6, 6.07) is 6.36. The number of nitrogens with zero attached hydrogens (tertiary/aromatic N) is 1. The van der Waals surface area contributed by atoms with E-state index >= 15 is 0 Å². The Balaban J connectivity index is 1.89. The standard InChI is InChI=1S/C21H35N3O2/c1-5-12-26-19-14-17(2)7-8-18(19)15-23-20(22-3)24-16-21(9-6-10-21)11-13-25-4/h7-8,14H,5-6,9-13,15-16H2,1-4H3,(H2,22,23,24). The molecule has 0 aliphatic heterocycles. The third-order valence-corrected chi connectivity index (χ3v) is 5.24. The van der Waals surface area contributed by atoms with Gasteiger partial charge in [0, 0.05) is 39.4 Å². The zero-order chi connectivity index (χ0) is 18.8. The van der Waals surface area contributed by atoms with Crippen molar-refractivity contribution in [2.45, 2.75) is 52.5 Å². The molecule has 1 aromatic carbocycles. The van der Waals surface area contributed by atoms with Gasteiger partial charge in [0.15, 0.2) is 5.96 Å². The fraction of sp³-hybridized carbons (Fsp3) is 0.667. The zero-order valence-electron chi connectivity index (χ0n) is 16.9. The topological polar surface area (TPSA) is 54.9 Å². The van der Waals surface area contributed by atoms with Gasteiger partial charge >= 0.3 is 0 Å². The Morgan fingerprint density at radius 3 is 2.65 bits per heavy atom. The van der Waals surface area contributed by atoms with Crippen LogP contribution in [0.4, 0.5) is 0 Å². The van der Waals surface area contributed by atoms with E-state index in [1.807, 2.05) is 7.05 Å². The minimum absolute atomic E-state index is 0.368. The summed E-state index contributed by atoms with van der Waals surface area (Å²) in [4.78, 5) is 4.38. The lowest BCUT2D eigenvalue weighted by Gasteiger charge is -2.42. The van der Waals surface area contributed by atoms with E-state index in [1.165, 1.54) is 24.8 Å². The lowest BCUT2D eigenvalue weighted by molar-refractivity contribution is 0.0732. The average Bonchev–Trinajstić information content (AvgIpc) is 2.62. The summed E-state index contributed by atoms with van der Waals surface area (Å²) >= 11 is 0. The van der Waals surface area contributed by atoms with Crippen molar-refractivity contribution in [2.75, 3.05) is 33.9 Å². The zero-order valence-corrected chi connectivity index (χ0v) is 16.9. The normalized spacial score (nSPS) is 16.1. The minimum Gasteiger partial charge on any atom is -0.493 e. The van der Waals surface area contributed by atoms with Crippen molar-refractivity contribution in [2.24, 2.45) is 10.4 Å². The SMILES string of the molecule is CCCOc1cc(C)ccc1CNC(=NC)NCC1(CCOC)CCC1. The Labute approximate surface area is 158 Å². The second-order valence-electron chi connectivity index (χ2n) is 7.34. The van der Waals surface area contributed by atoms with Gasteiger partial charge in [-0.2, -0.15) is 0 Å². The van der Waals surface area contributed by atoms with E-state index in [9.17, 15) is 0 Å². The number of ether oxygens (including phenoxy) is 2. The highest BCUT2D eigenvalue weighted by Crippen LogP contribution is 2.43. The number of benzene rings is 1. The van der Waals surface area contributed by atoms with Gasteiger partial charge in [-0.15, -0.1) is 0 Å². The van der Waals surface area contributed by atoms with Crippen molar-refractivity contribution in [1.82, 2.24) is 10.6 Å². The maximum absolute atomic E-state index is 5.90. The van der Waals surface area contributed by atoms with Crippen LogP contribution in [0, 0.1) is 12.3 Å². The molecule has 0 amide bonds. The van der Waals surface area contributed by atoms with Crippen molar-refractivity contribution in [3.05, 3.63) is 29.3 Å². The first kappa shape index (κ1) is 20.6. The van der Waals surface area contributed by atoms with E-state index in [2.05, 4.69) is 47.7 Å². The molecule has 2 rings (SSSR count). The number of rotatable bonds is 10. The number of hydrogen-bond donors (Lipinski definition) is 2. The summed E-state index contributed by atoms with van der Waals surface area (Å²) < 4.78 is 11.2. The Bertz CT molecular complexity index is 583. The average molecular weight is 362 g/mol. The van der Waals surface area contributed by atoms with Crippen LogP contribution >= 0.6 is 0 Å². The highest BCUT2D eigenvalue weighted by Gasteiger charge is 2.36. The van der Waals surface area contributed by atoms with Crippen LogP contribution < -0.4 is 15.4 Å². The predicted octanol–water partition coefficient (Wildman–Crippen LogP) is 3.66. The van der Waals surface area contributed by atoms with Gasteiger partial charge in [0.2, 0.25) is 0 Å². The second kappa shape index (κ2) is 10.4. The summed E-state index contributed by atoms with van der Waals surface area (Å²) in [5.74, 6) is 1.81. The van der Waals surface area contributed by atoms with E-state index in [4.69, 9.17) is 9.47 Å². The fourth-order valence-corrected chi connectivity index (χ4v) is 3.34. The van der Waals surface area contributed by atoms with Gasteiger partial charge in [0.1, 0.15) is 5.75 Å². The van der Waals surface area contributed by atoms with Gasteiger partial charge in [-0.3, -0.25) is 4.99 Å². The molecular weight excluding hydrogens is 326 g/mol. The van der Waals surface area contributed by atoms with Gasteiger partial charge in [-0.25, -0.2) is 0 Å². The molecule has 1 saturated carbocycles. The molecule has 0 radical (unpaired) electrons. The summed E-state index contributed by atoms with van der Waals surface area (Å²) in [6.45, 7) is 7.43. The van der Waals surface area contributed by atoms with Crippen molar-refractivity contribution < 1.29 is 9.47 Å². The van der Waals surface area contributed by atoms with Crippen LogP contribution in [-0.2, 0) is 11.3 Å². The molecule has 0 aromatic heterocycles. The van der Waals surface area contributed by atoms with Crippen LogP contribution in [0.5, 0.6) is 5.75 Å². The first-order valence-electron chi connectivity index (χ1n) is 9.78. The fourth-order valence-electron chi connectivity index (χ4n) is 3.34. The smallest absolute Gasteiger partial charge is 0.191 e. The Morgan fingerprint density at radius 2 is 2.04 bits per heavy atom. The second-order valence-corrected chi connectivity index (χ2v) is 7.34. The van der Waals surface area contributed by atoms with Crippen LogP contribution in [0.15, 0.2) is 23.2 Å². The van der Waals surface area contributed by atoms with Crippen LogP contribution in [0.25, 0.3) is 0 Å². The molecule has 1 aliphatic carbocycles. The number of aliphatic imine (C=N–C) groups is 1. The van der Waals surface area contributed by atoms with Crippen molar-refractivity contribution in [3.63, 3.8) is 0 Å². The van der Waals surface area contributed by atoms with Crippen LogP contribution in [0.1, 0.15) is 50.2 Å². The summed E-state index contributed by atoms with van der Waals surface area (Å²) in [5, 5.41) is 6.93. The van der Waals surface area contributed by atoms with Gasteiger partial charge < -0.3 is 20.1 Å². The van der Waals surface area contributed by atoms with Crippen molar-refractivity contribution >= 4 is 5.96 Å². The van der Waals surface area contributed by atoms with Gasteiger partial charge in [-0.1, -0.05) is 25.5 Å². The first-order valence-corrected chi connectivity index (χ1v) is 9.78. The Morgan fingerprint density at radius 1 is 1.23 bits per heavy atom. The highest BCUT2D eigenvalue weighted by molar-refractivity contribution is 5.79. The molecule has 5 nitrogen and oxygen atoms in total. The largest absolute Gasteiger partial charge is 0.493 e. The minimum atomic E-state index is 0.368. The molecule has 146 valence electrons. The molecule has 26 heavy (non-hydrogen) atoms. The summed E-state index contributed by atoms with van der Waals surface area (Å²) in [7, 11) is 3.60. The maximum Gasteiger partial charge on any atom is 0.191 e. The van der Waals surface area contributed by atoms with E-state index in [0.29, 0.717) is 12.0 Å². The molecule has 0 spiro atoms. The number of methoxy groups -OCH3 is 1. The maximum atomic E-state index is 5.90. The molecule has 0 saturated heterocycles. The van der Waals surface area contributed by atoms with Gasteiger partial charge in [-0.05, 0) is 49.7 Å². The number of guanidine groups is 1. The number of aryl methyl sites for hydroxylation is 1. The van der Waals surface area contributed by atoms with Crippen molar-refractivity contribution in [3.8, 4) is 5.75 Å². The summed E-state index contributed by atoms with van der Waals surface area (Å²) in [5.41, 5.74) is 2.74. The van der Waals surface area contributed by atoms with E-state index in [1.54, 1.807) is 7.11 Å². The molecule has 0 bridgehead atoms. The lowest BCUT2D eigenvalue weighted by Crippen LogP contribution is -2.46. The Hall–Kier alpha value is -1.75. The lowest BCUT2D eigenvalue weighted by atomic mass is 9.67. The monoisotopic (exact) mass is 361 g/mol. The van der Waals surface area contributed by atoms with Gasteiger partial charge in [0.05, 0.1) is 6.61 Å². The molecule has 5 heteroatoms. The van der Waals surface area contributed by atoms with Crippen molar-refractivity contribution in [1.29, 1.82) is 0 Å². The third-order valence-electron chi connectivity index (χ3n) is 5.24. The van der Waals surface area contributed by atoms with E-state index < -0.39 is 0 Å². The predicted molar refractivity (Wildman–Crippen MR) is 108 cm³/mol. The molecule has 1 fully saturated rings. The first-order chi connectivity index (χ1) is 12.6. The molecule has 1 aromatic rings. The Kier molecular flexibility index (Phi) is 8.23. The third kappa shape index (κ3) is 5.90. The molecular formula is C21H35N3O2. The van der Waals surface area contributed by atoms with Gasteiger partial charge in [0.25, 0.3) is 0 Å². The van der Waals surface area contributed by atoms with E-state index in [0.717, 1.165) is 49.9 Å². The van der Waals surface area contributed by atoms with E-state index in [-0.39, 0.29) is 0 Å². The molecule has 0 unspecified atom stereocenters. The number of hydrogen-bond acceptors (Lipinski definition) is 3. The molecule has 1 aliphatic rings. The quantitative estimate of drug-likeness (QED) is 0.493. The van der Waals surface area contributed by atoms with Crippen LogP contribution in [0.2, 0.25) is 0 Å². The molecule has 2 N–H and O–H groups in total. The highest BCUT2D eigenvalue weighted by atomic mass is 16.5. The van der Waals surface area contributed by atoms with Crippen LogP contribution in [0.3, 0.4) is 0 Å². The summed E-state index contributed by atoms with van der Waals surface area (Å²) in [6.07, 6.45) is 5.98.